The van der Waals surface area contributed by atoms with Crippen LogP contribution in [-0.2, 0) is 4.79 Å². The van der Waals surface area contributed by atoms with E-state index in [1.165, 1.54) is 24.3 Å². The van der Waals surface area contributed by atoms with Crippen LogP contribution >= 0.6 is 0 Å². The van der Waals surface area contributed by atoms with Crippen molar-refractivity contribution < 1.29 is 22.7 Å². The highest BCUT2D eigenvalue weighted by atomic mass is 19.4. The van der Waals surface area contributed by atoms with Gasteiger partial charge in [0.05, 0.1) is 5.92 Å². The number of anilines is 1. The number of ether oxygens (including phenoxy) is 1. The number of benzene rings is 1. The summed E-state index contributed by atoms with van der Waals surface area (Å²) in [6, 6.07) is 5.11. The number of piperidine rings is 1. The van der Waals surface area contributed by atoms with E-state index in [0.29, 0.717) is 12.2 Å². The van der Waals surface area contributed by atoms with E-state index in [1.807, 2.05) is 0 Å². The molecule has 4 nitrogen and oxygen atoms in total. The lowest BCUT2D eigenvalue weighted by molar-refractivity contribution is -0.274. The molecule has 1 saturated heterocycles. The number of carbonyl (C=O) groups excluding carboxylic acids is 1. The molecule has 0 aliphatic carbocycles. The summed E-state index contributed by atoms with van der Waals surface area (Å²) in [6.07, 6.45) is -2.96. The van der Waals surface area contributed by atoms with Crippen LogP contribution in [0.3, 0.4) is 0 Å². The van der Waals surface area contributed by atoms with Crippen molar-refractivity contribution in [1.29, 1.82) is 0 Å². The fourth-order valence-corrected chi connectivity index (χ4v) is 2.06. The van der Waals surface area contributed by atoms with Crippen LogP contribution in [0.2, 0.25) is 0 Å². The molecule has 0 aromatic heterocycles. The van der Waals surface area contributed by atoms with Gasteiger partial charge in [-0.3, -0.25) is 4.79 Å². The molecule has 1 fully saturated rings. The zero-order valence-corrected chi connectivity index (χ0v) is 10.7. The van der Waals surface area contributed by atoms with Crippen LogP contribution in [0.4, 0.5) is 18.9 Å². The van der Waals surface area contributed by atoms with E-state index < -0.39 is 6.36 Å². The Kier molecular flexibility index (Phi) is 4.49. The number of halogens is 3. The van der Waals surface area contributed by atoms with E-state index in [2.05, 4.69) is 15.4 Å². The van der Waals surface area contributed by atoms with E-state index in [-0.39, 0.29) is 17.6 Å². The van der Waals surface area contributed by atoms with Crippen LogP contribution in [0.15, 0.2) is 24.3 Å². The standard InChI is InChI=1S/C13H15F3N2O2/c14-13(15,16)20-11-5-3-10(4-6-11)18-12(19)9-2-1-7-17-8-9/h3-6,9,17H,1-2,7-8H2,(H,18,19)/t9-/m1/s1. The van der Waals surface area contributed by atoms with Crippen molar-refractivity contribution in [2.45, 2.75) is 19.2 Å². The second kappa shape index (κ2) is 6.13. The predicted octanol–water partition coefficient (Wildman–Crippen LogP) is 2.52. The summed E-state index contributed by atoms with van der Waals surface area (Å²) in [5.74, 6) is -0.536. The summed E-state index contributed by atoms with van der Waals surface area (Å²) in [5, 5.41) is 5.82. The van der Waals surface area contributed by atoms with Crippen LogP contribution in [0, 0.1) is 5.92 Å². The lowest BCUT2D eigenvalue weighted by Crippen LogP contribution is -2.37. The molecule has 1 atom stereocenters. The third kappa shape index (κ3) is 4.41. The maximum Gasteiger partial charge on any atom is 0.573 e. The molecular formula is C13H15F3N2O2. The SMILES string of the molecule is O=C(Nc1ccc(OC(F)(F)F)cc1)[C@@H]1CCCNC1. The smallest absolute Gasteiger partial charge is 0.406 e. The first-order valence-electron chi connectivity index (χ1n) is 6.31. The van der Waals surface area contributed by atoms with Gasteiger partial charge in [0, 0.05) is 12.2 Å². The van der Waals surface area contributed by atoms with Crippen LogP contribution in [0.5, 0.6) is 5.75 Å². The normalized spacial score (nSPS) is 19.4. The van der Waals surface area contributed by atoms with Gasteiger partial charge in [0.15, 0.2) is 0 Å². The third-order valence-electron chi connectivity index (χ3n) is 3.02. The van der Waals surface area contributed by atoms with Gasteiger partial charge < -0.3 is 15.4 Å². The largest absolute Gasteiger partial charge is 0.573 e. The van der Waals surface area contributed by atoms with Crippen molar-refractivity contribution in [3.63, 3.8) is 0 Å². The Hall–Kier alpha value is -1.76. The first-order valence-corrected chi connectivity index (χ1v) is 6.31. The summed E-state index contributed by atoms with van der Waals surface area (Å²) >= 11 is 0. The number of nitrogens with one attached hydrogen (secondary N) is 2. The summed E-state index contributed by atoms with van der Waals surface area (Å²) in [7, 11) is 0. The lowest BCUT2D eigenvalue weighted by Gasteiger charge is -2.21. The Bertz CT molecular complexity index is 454. The van der Waals surface area contributed by atoms with Crippen molar-refractivity contribution >= 4 is 11.6 Å². The molecule has 7 heteroatoms. The molecule has 1 aromatic carbocycles. The summed E-state index contributed by atoms with van der Waals surface area (Å²) in [4.78, 5) is 11.9. The Balaban J connectivity index is 1.91. The van der Waals surface area contributed by atoms with Crippen molar-refractivity contribution in [1.82, 2.24) is 5.32 Å². The van der Waals surface area contributed by atoms with Gasteiger partial charge in [0.25, 0.3) is 0 Å². The molecule has 20 heavy (non-hydrogen) atoms. The maximum atomic E-state index is 12.0. The molecule has 2 N–H and O–H groups in total. The van der Waals surface area contributed by atoms with Crippen LogP contribution in [-0.4, -0.2) is 25.4 Å². The number of hydrogen-bond acceptors (Lipinski definition) is 3. The minimum absolute atomic E-state index is 0.102. The molecule has 2 rings (SSSR count). The minimum Gasteiger partial charge on any atom is -0.406 e. The second-order valence-electron chi connectivity index (χ2n) is 4.60. The van der Waals surface area contributed by atoms with Gasteiger partial charge in [0.1, 0.15) is 5.75 Å². The molecule has 1 aromatic rings. The molecule has 1 amide bonds. The quantitative estimate of drug-likeness (QED) is 0.898. The topological polar surface area (TPSA) is 50.4 Å². The van der Waals surface area contributed by atoms with Gasteiger partial charge in [-0.1, -0.05) is 0 Å². The highest BCUT2D eigenvalue weighted by Crippen LogP contribution is 2.24. The molecular weight excluding hydrogens is 273 g/mol. The monoisotopic (exact) mass is 288 g/mol. The van der Waals surface area contributed by atoms with Gasteiger partial charge in [0.2, 0.25) is 5.91 Å². The highest BCUT2D eigenvalue weighted by molar-refractivity contribution is 5.92. The molecule has 1 heterocycles. The van der Waals surface area contributed by atoms with Crippen molar-refractivity contribution in [2.75, 3.05) is 18.4 Å². The van der Waals surface area contributed by atoms with E-state index in [4.69, 9.17) is 0 Å². The first kappa shape index (κ1) is 14.6. The predicted molar refractivity (Wildman–Crippen MR) is 67.3 cm³/mol. The molecule has 1 aliphatic heterocycles. The highest BCUT2D eigenvalue weighted by Gasteiger charge is 2.31. The second-order valence-corrected chi connectivity index (χ2v) is 4.60. The van der Waals surface area contributed by atoms with E-state index in [0.717, 1.165) is 19.4 Å². The van der Waals surface area contributed by atoms with Gasteiger partial charge in [-0.05, 0) is 43.7 Å². The fourth-order valence-electron chi connectivity index (χ4n) is 2.06. The summed E-state index contributed by atoms with van der Waals surface area (Å²) in [6.45, 7) is 1.54. The Morgan fingerprint density at radius 2 is 2.00 bits per heavy atom. The maximum absolute atomic E-state index is 12.0. The average molecular weight is 288 g/mol. The molecule has 0 bridgehead atoms. The molecule has 110 valence electrons. The minimum atomic E-state index is -4.71. The fraction of sp³-hybridized carbons (Fsp3) is 0.462. The Morgan fingerprint density at radius 1 is 1.30 bits per heavy atom. The number of rotatable bonds is 3. The molecule has 0 spiro atoms. The van der Waals surface area contributed by atoms with Gasteiger partial charge in [-0.15, -0.1) is 13.2 Å². The number of hydrogen-bond donors (Lipinski definition) is 2. The van der Waals surface area contributed by atoms with Crippen molar-refractivity contribution in [3.05, 3.63) is 24.3 Å². The van der Waals surface area contributed by atoms with Crippen LogP contribution < -0.4 is 15.4 Å². The van der Waals surface area contributed by atoms with Crippen molar-refractivity contribution in [2.24, 2.45) is 5.92 Å². The van der Waals surface area contributed by atoms with Gasteiger partial charge >= 0.3 is 6.36 Å². The van der Waals surface area contributed by atoms with Gasteiger partial charge in [-0.25, -0.2) is 0 Å². The van der Waals surface area contributed by atoms with Crippen LogP contribution in [0.25, 0.3) is 0 Å². The summed E-state index contributed by atoms with van der Waals surface area (Å²) < 4.78 is 39.7. The molecule has 0 radical (unpaired) electrons. The van der Waals surface area contributed by atoms with Crippen LogP contribution in [0.1, 0.15) is 12.8 Å². The lowest BCUT2D eigenvalue weighted by atomic mass is 9.99. The average Bonchev–Trinajstić information content (AvgIpc) is 2.40. The molecule has 0 saturated carbocycles. The zero-order valence-electron chi connectivity index (χ0n) is 10.7. The van der Waals surface area contributed by atoms with E-state index in [1.54, 1.807) is 0 Å². The van der Waals surface area contributed by atoms with Gasteiger partial charge in [-0.2, -0.15) is 0 Å². The third-order valence-corrected chi connectivity index (χ3v) is 3.02. The zero-order chi connectivity index (χ0) is 14.6. The van der Waals surface area contributed by atoms with E-state index in [9.17, 15) is 18.0 Å². The summed E-state index contributed by atoms with van der Waals surface area (Å²) in [5.41, 5.74) is 0.454. The molecule has 0 unspecified atom stereocenters. The Morgan fingerprint density at radius 3 is 2.55 bits per heavy atom. The van der Waals surface area contributed by atoms with E-state index >= 15 is 0 Å². The number of carbonyl (C=O) groups is 1. The van der Waals surface area contributed by atoms with Crippen molar-refractivity contribution in [3.8, 4) is 5.75 Å². The number of alkyl halides is 3. The Labute approximate surface area is 114 Å². The first-order chi connectivity index (χ1) is 9.44. The number of amides is 1. The molecule has 1 aliphatic rings.